The highest BCUT2D eigenvalue weighted by atomic mass is 16.4. The van der Waals surface area contributed by atoms with Crippen molar-refractivity contribution in [1.29, 1.82) is 0 Å². The highest BCUT2D eigenvalue weighted by molar-refractivity contribution is 5.92. The van der Waals surface area contributed by atoms with Gasteiger partial charge in [0, 0.05) is 12.1 Å². The van der Waals surface area contributed by atoms with Gasteiger partial charge in [0.15, 0.2) is 0 Å². The van der Waals surface area contributed by atoms with Crippen molar-refractivity contribution in [2.24, 2.45) is 11.8 Å². The maximum atomic E-state index is 12.0. The van der Waals surface area contributed by atoms with E-state index < -0.39 is 11.9 Å². The van der Waals surface area contributed by atoms with Crippen LogP contribution in [0.5, 0.6) is 0 Å². The van der Waals surface area contributed by atoms with E-state index in [9.17, 15) is 9.59 Å². The van der Waals surface area contributed by atoms with Gasteiger partial charge in [0.25, 0.3) is 0 Å². The van der Waals surface area contributed by atoms with Crippen LogP contribution in [0.25, 0.3) is 0 Å². The van der Waals surface area contributed by atoms with Gasteiger partial charge in [-0.25, -0.2) is 4.98 Å². The second-order valence-electron chi connectivity index (χ2n) is 4.60. The Morgan fingerprint density at radius 2 is 2.06 bits per heavy atom. The number of aliphatic carboxylic acids is 1. The third-order valence-electron chi connectivity index (χ3n) is 3.31. The van der Waals surface area contributed by atoms with E-state index in [4.69, 9.17) is 5.11 Å². The second kappa shape index (κ2) is 5.62. The lowest BCUT2D eigenvalue weighted by Crippen LogP contribution is -2.31. The minimum atomic E-state index is -0.801. The molecule has 18 heavy (non-hydrogen) atoms. The molecule has 96 valence electrons. The van der Waals surface area contributed by atoms with E-state index in [1.165, 1.54) is 0 Å². The average Bonchev–Trinajstić information content (AvgIpc) is 2.40. The Hall–Kier alpha value is -1.91. The molecule has 0 aromatic carbocycles. The minimum absolute atomic E-state index is 0.125. The first-order valence-corrected chi connectivity index (χ1v) is 6.11. The Bertz CT molecular complexity index is 433. The topological polar surface area (TPSA) is 79.3 Å². The maximum absolute atomic E-state index is 12.0. The summed E-state index contributed by atoms with van der Waals surface area (Å²) < 4.78 is 0. The van der Waals surface area contributed by atoms with E-state index in [2.05, 4.69) is 10.3 Å². The van der Waals surface area contributed by atoms with Crippen LogP contribution in [0.4, 0.5) is 5.82 Å². The number of amides is 1. The molecule has 1 aliphatic rings. The van der Waals surface area contributed by atoms with Gasteiger partial charge in [-0.2, -0.15) is 0 Å². The molecule has 5 nitrogen and oxygen atoms in total. The van der Waals surface area contributed by atoms with Crippen LogP contribution in [0.1, 0.15) is 25.7 Å². The SMILES string of the molecule is O=C(O)C1CCCC(C(=O)Nc2ccccn2)C1. The molecule has 2 atom stereocenters. The summed E-state index contributed by atoms with van der Waals surface area (Å²) >= 11 is 0. The number of nitrogens with one attached hydrogen (secondary N) is 1. The number of hydrogen-bond donors (Lipinski definition) is 2. The Labute approximate surface area is 105 Å². The van der Waals surface area contributed by atoms with Crippen LogP contribution in [0.2, 0.25) is 0 Å². The molecule has 1 aromatic rings. The van der Waals surface area contributed by atoms with Gasteiger partial charge in [-0.05, 0) is 31.4 Å². The number of carbonyl (C=O) groups excluding carboxylic acids is 1. The first kappa shape index (κ1) is 12.5. The molecule has 1 amide bonds. The second-order valence-corrected chi connectivity index (χ2v) is 4.60. The standard InChI is InChI=1S/C13H16N2O3/c16-12(15-11-6-1-2-7-14-11)9-4-3-5-10(8-9)13(17)18/h1-2,6-7,9-10H,3-5,8H2,(H,17,18)(H,14,15,16). The van der Waals surface area contributed by atoms with E-state index in [0.29, 0.717) is 18.7 Å². The lowest BCUT2D eigenvalue weighted by atomic mass is 9.81. The molecule has 0 spiro atoms. The lowest BCUT2D eigenvalue weighted by molar-refractivity contribution is -0.143. The average molecular weight is 248 g/mol. The summed E-state index contributed by atoms with van der Waals surface area (Å²) in [5, 5.41) is 11.7. The number of carbonyl (C=O) groups is 2. The Morgan fingerprint density at radius 1 is 1.28 bits per heavy atom. The summed E-state index contributed by atoms with van der Waals surface area (Å²) in [6, 6.07) is 5.29. The van der Waals surface area contributed by atoms with E-state index >= 15 is 0 Å². The fourth-order valence-electron chi connectivity index (χ4n) is 2.32. The number of aromatic nitrogens is 1. The molecule has 0 saturated heterocycles. The molecular weight excluding hydrogens is 232 g/mol. The summed E-state index contributed by atoms with van der Waals surface area (Å²) in [6.07, 6.45) is 4.24. The van der Waals surface area contributed by atoms with Gasteiger partial charge in [0.05, 0.1) is 5.92 Å². The number of hydrogen-bond acceptors (Lipinski definition) is 3. The molecule has 1 heterocycles. The quantitative estimate of drug-likeness (QED) is 0.856. The number of pyridine rings is 1. The normalized spacial score (nSPS) is 23.3. The van der Waals surface area contributed by atoms with Crippen molar-refractivity contribution < 1.29 is 14.7 Å². The molecule has 2 rings (SSSR count). The summed E-state index contributed by atoms with van der Waals surface area (Å²) in [5.74, 6) is -1.02. The highest BCUT2D eigenvalue weighted by Gasteiger charge is 2.31. The van der Waals surface area contributed by atoms with Crippen LogP contribution in [0.3, 0.4) is 0 Å². The zero-order chi connectivity index (χ0) is 13.0. The first-order chi connectivity index (χ1) is 8.66. The fourth-order valence-corrected chi connectivity index (χ4v) is 2.32. The van der Waals surface area contributed by atoms with Crippen LogP contribution >= 0.6 is 0 Å². The molecule has 1 aromatic heterocycles. The van der Waals surface area contributed by atoms with Gasteiger partial charge in [-0.15, -0.1) is 0 Å². The van der Waals surface area contributed by atoms with Gasteiger partial charge in [-0.3, -0.25) is 9.59 Å². The van der Waals surface area contributed by atoms with Gasteiger partial charge >= 0.3 is 5.97 Å². The van der Waals surface area contributed by atoms with E-state index in [1.807, 2.05) is 0 Å². The smallest absolute Gasteiger partial charge is 0.306 e. The maximum Gasteiger partial charge on any atom is 0.306 e. The molecule has 2 unspecified atom stereocenters. The molecule has 0 aliphatic heterocycles. The molecule has 0 bridgehead atoms. The van der Waals surface area contributed by atoms with Crippen molar-refractivity contribution in [3.63, 3.8) is 0 Å². The predicted octanol–water partition coefficient (Wildman–Crippen LogP) is 1.91. The van der Waals surface area contributed by atoms with Crippen LogP contribution in [-0.4, -0.2) is 22.0 Å². The van der Waals surface area contributed by atoms with Crippen molar-refractivity contribution in [3.8, 4) is 0 Å². The zero-order valence-electron chi connectivity index (χ0n) is 10.0. The van der Waals surface area contributed by atoms with Gasteiger partial charge < -0.3 is 10.4 Å². The molecule has 1 aliphatic carbocycles. The minimum Gasteiger partial charge on any atom is -0.481 e. The summed E-state index contributed by atoms with van der Waals surface area (Å²) in [4.78, 5) is 26.9. The van der Waals surface area contributed by atoms with Crippen LogP contribution in [0, 0.1) is 11.8 Å². The summed E-state index contributed by atoms with van der Waals surface area (Å²) in [6.45, 7) is 0. The fraction of sp³-hybridized carbons (Fsp3) is 0.462. The largest absolute Gasteiger partial charge is 0.481 e. The van der Waals surface area contributed by atoms with Gasteiger partial charge in [0.2, 0.25) is 5.91 Å². The van der Waals surface area contributed by atoms with E-state index in [0.717, 1.165) is 12.8 Å². The Morgan fingerprint density at radius 3 is 2.72 bits per heavy atom. The third-order valence-corrected chi connectivity index (χ3v) is 3.31. The predicted molar refractivity (Wildman–Crippen MR) is 66.0 cm³/mol. The summed E-state index contributed by atoms with van der Waals surface area (Å²) in [7, 11) is 0. The van der Waals surface area contributed by atoms with Gasteiger partial charge in [-0.1, -0.05) is 12.5 Å². The zero-order valence-corrected chi connectivity index (χ0v) is 10.0. The Balaban J connectivity index is 1.95. The molecular formula is C13H16N2O3. The number of nitrogens with zero attached hydrogens (tertiary/aromatic N) is 1. The van der Waals surface area contributed by atoms with Crippen molar-refractivity contribution in [3.05, 3.63) is 24.4 Å². The van der Waals surface area contributed by atoms with E-state index in [-0.39, 0.29) is 11.8 Å². The van der Waals surface area contributed by atoms with Crippen LogP contribution in [0.15, 0.2) is 24.4 Å². The van der Waals surface area contributed by atoms with Gasteiger partial charge in [0.1, 0.15) is 5.82 Å². The molecule has 2 N–H and O–H groups in total. The monoisotopic (exact) mass is 248 g/mol. The first-order valence-electron chi connectivity index (χ1n) is 6.11. The Kier molecular flexibility index (Phi) is 3.92. The third kappa shape index (κ3) is 3.06. The van der Waals surface area contributed by atoms with Crippen molar-refractivity contribution in [1.82, 2.24) is 4.98 Å². The van der Waals surface area contributed by atoms with Crippen LogP contribution in [-0.2, 0) is 9.59 Å². The number of rotatable bonds is 3. The van der Waals surface area contributed by atoms with Crippen molar-refractivity contribution >= 4 is 17.7 Å². The molecule has 1 fully saturated rings. The number of carboxylic acids is 1. The van der Waals surface area contributed by atoms with E-state index in [1.54, 1.807) is 24.4 Å². The van der Waals surface area contributed by atoms with Crippen molar-refractivity contribution in [2.45, 2.75) is 25.7 Å². The lowest BCUT2D eigenvalue weighted by Gasteiger charge is -2.25. The van der Waals surface area contributed by atoms with Crippen LogP contribution < -0.4 is 5.32 Å². The molecule has 0 radical (unpaired) electrons. The number of anilines is 1. The molecule has 5 heteroatoms. The molecule has 1 saturated carbocycles. The highest BCUT2D eigenvalue weighted by Crippen LogP contribution is 2.29. The summed E-state index contributed by atoms with van der Waals surface area (Å²) in [5.41, 5.74) is 0. The number of carboxylic acid groups (broad SMARTS) is 1. The van der Waals surface area contributed by atoms with Crippen molar-refractivity contribution in [2.75, 3.05) is 5.32 Å².